The highest BCUT2D eigenvalue weighted by Crippen LogP contribution is 2.39. The number of nitrogens with zero attached hydrogens (tertiary/aromatic N) is 1. The van der Waals surface area contributed by atoms with Crippen molar-refractivity contribution in [1.29, 1.82) is 0 Å². The van der Waals surface area contributed by atoms with E-state index >= 15 is 0 Å². The lowest BCUT2D eigenvalue weighted by Gasteiger charge is -2.34. The van der Waals surface area contributed by atoms with Crippen LogP contribution in [0.1, 0.15) is 60.8 Å². The lowest BCUT2D eigenvalue weighted by atomic mass is 10.4. The topological polar surface area (TPSA) is 58.6 Å². The summed E-state index contributed by atoms with van der Waals surface area (Å²) in [5.41, 5.74) is -0.928. The predicted molar refractivity (Wildman–Crippen MR) is 133 cm³/mol. The van der Waals surface area contributed by atoms with E-state index in [4.69, 9.17) is 28.5 Å². The minimum Gasteiger partial charge on any atom is -0.385 e. The second kappa shape index (κ2) is 20.0. The fourth-order valence-electron chi connectivity index (χ4n) is 3.26. The Morgan fingerprint density at radius 1 is 0.645 bits per heavy atom. The van der Waals surface area contributed by atoms with E-state index in [9.17, 15) is 0 Å². The molecule has 0 N–H and O–H groups in total. The smallest absolute Gasteiger partial charge is 0.183 e. The van der Waals surface area contributed by atoms with Crippen molar-refractivity contribution < 1.29 is 28.5 Å². The second-order valence-electron chi connectivity index (χ2n) is 6.91. The highest BCUT2D eigenvalue weighted by molar-refractivity contribution is 7.39. The number of hydrogen-bond donors (Lipinski definition) is 0. The molecule has 0 aliphatic rings. The van der Waals surface area contributed by atoms with Gasteiger partial charge in [-0.2, -0.15) is 5.06 Å². The van der Waals surface area contributed by atoms with Gasteiger partial charge < -0.3 is 23.7 Å². The first-order valence-corrected chi connectivity index (χ1v) is 14.3. The molecule has 0 aliphatic carbocycles. The van der Waals surface area contributed by atoms with Gasteiger partial charge in [-0.05, 0) is 46.4 Å². The molecule has 0 fully saturated rings. The highest BCUT2D eigenvalue weighted by Gasteiger charge is 2.30. The van der Waals surface area contributed by atoms with Crippen LogP contribution in [-0.2, 0) is 28.5 Å². The molecule has 0 aromatic rings. The Bertz CT molecular complexity index is 364. The number of hydrogen-bond acceptors (Lipinski definition) is 7. The van der Waals surface area contributed by atoms with Crippen LogP contribution in [0.25, 0.3) is 0 Å². The minimum absolute atomic E-state index is 0.464. The van der Waals surface area contributed by atoms with Gasteiger partial charge in [-0.15, -0.1) is 0 Å². The first-order valence-electron chi connectivity index (χ1n) is 11.9. The monoisotopic (exact) mass is 485 g/mol. The van der Waals surface area contributed by atoms with Crippen LogP contribution in [0.5, 0.6) is 0 Å². The largest absolute Gasteiger partial charge is 0.385 e. The number of ether oxygens (including phenoxy) is 5. The van der Waals surface area contributed by atoms with Crippen molar-refractivity contribution in [3.63, 3.8) is 0 Å². The molecule has 188 valence electrons. The Morgan fingerprint density at radius 2 is 1.06 bits per heavy atom. The summed E-state index contributed by atoms with van der Waals surface area (Å²) >= 11 is 0. The van der Waals surface area contributed by atoms with Gasteiger partial charge >= 0.3 is 0 Å². The zero-order valence-corrected chi connectivity index (χ0v) is 23.1. The van der Waals surface area contributed by atoms with Crippen LogP contribution in [0.2, 0.25) is 0 Å². The van der Waals surface area contributed by atoms with Gasteiger partial charge in [-0.1, -0.05) is 31.0 Å². The van der Waals surface area contributed by atoms with Crippen molar-refractivity contribution in [3.8, 4) is 0 Å². The van der Waals surface area contributed by atoms with E-state index in [1.807, 2.05) is 27.7 Å². The second-order valence-corrected chi connectivity index (χ2v) is 10.1. The maximum absolute atomic E-state index is 6.08. The van der Waals surface area contributed by atoms with Gasteiger partial charge in [0.2, 0.25) is 0 Å². The summed E-state index contributed by atoms with van der Waals surface area (Å²) < 4.78 is 29.1. The van der Waals surface area contributed by atoms with Gasteiger partial charge in [0.1, 0.15) is 0 Å². The van der Waals surface area contributed by atoms with E-state index in [1.165, 1.54) is 0 Å². The third kappa shape index (κ3) is 13.8. The third-order valence-corrected chi connectivity index (χ3v) is 8.03. The summed E-state index contributed by atoms with van der Waals surface area (Å²) in [5.74, 6) is 0. The Balaban J connectivity index is 4.82. The fourth-order valence-corrected chi connectivity index (χ4v) is 6.23. The minimum atomic E-state index is -0.464. The fraction of sp³-hybridized carbons (Fsp3) is 1.00. The molecule has 0 aromatic heterocycles. The van der Waals surface area contributed by atoms with E-state index in [-0.39, 0.29) is 0 Å². The summed E-state index contributed by atoms with van der Waals surface area (Å²) in [6.45, 7) is 18.1. The number of methoxy groups -OCH3 is 1. The first-order chi connectivity index (χ1) is 15.0. The molecule has 0 heterocycles. The zero-order chi connectivity index (χ0) is 23.4. The van der Waals surface area contributed by atoms with Crippen molar-refractivity contribution in [3.05, 3.63) is 0 Å². The van der Waals surface area contributed by atoms with E-state index in [0.29, 0.717) is 56.8 Å². The molecule has 7 nitrogen and oxygen atoms in total. The quantitative estimate of drug-likeness (QED) is 0.0884. The molecule has 0 saturated carbocycles. The molecule has 0 aromatic carbocycles. The summed E-state index contributed by atoms with van der Waals surface area (Å²) in [4.78, 5) is 6.08. The summed E-state index contributed by atoms with van der Waals surface area (Å²) in [6.07, 6.45) is 4.52. The Morgan fingerprint density at radius 3 is 1.39 bits per heavy atom. The van der Waals surface area contributed by atoms with Crippen LogP contribution in [0.3, 0.4) is 0 Å². The van der Waals surface area contributed by atoms with Gasteiger partial charge in [0.05, 0.1) is 6.61 Å². The van der Waals surface area contributed by atoms with Gasteiger partial charge in [-0.25, -0.2) is 0 Å². The molecule has 0 saturated heterocycles. The molecule has 2 atom stereocenters. The molecular formula is C22H49NO6P2. The number of hydroxylamine groups is 2. The van der Waals surface area contributed by atoms with Gasteiger partial charge in [0, 0.05) is 66.1 Å². The van der Waals surface area contributed by atoms with Crippen LogP contribution in [0.4, 0.5) is 0 Å². The standard InChI is InChI=1S/C22H49NO6P2/c1-8-21(25-10-3,26-11-4)30-19-15-23(29-18-14-17-24-7)16-20-31-22(9-2,27-12-5)28-13-6/h30-31H,8-20H2,1-7H3. The van der Waals surface area contributed by atoms with Crippen LogP contribution in [0, 0.1) is 0 Å². The highest BCUT2D eigenvalue weighted by atomic mass is 31.1. The first kappa shape index (κ1) is 31.6. The molecule has 9 heteroatoms. The van der Waals surface area contributed by atoms with E-state index in [0.717, 1.165) is 44.7 Å². The van der Waals surface area contributed by atoms with Gasteiger partial charge in [-0.3, -0.25) is 4.84 Å². The average molecular weight is 486 g/mol. The lowest BCUT2D eigenvalue weighted by Crippen LogP contribution is -2.35. The molecular weight excluding hydrogens is 436 g/mol. The van der Waals surface area contributed by atoms with E-state index in [2.05, 4.69) is 18.9 Å². The van der Waals surface area contributed by atoms with Crippen molar-refractivity contribution in [1.82, 2.24) is 5.06 Å². The van der Waals surface area contributed by atoms with Gasteiger partial charge in [0.25, 0.3) is 0 Å². The summed E-state index contributed by atoms with van der Waals surface area (Å²) in [5, 5.41) is 2.09. The summed E-state index contributed by atoms with van der Waals surface area (Å²) in [7, 11) is 2.84. The molecule has 0 spiro atoms. The molecule has 0 bridgehead atoms. The van der Waals surface area contributed by atoms with Crippen molar-refractivity contribution in [2.75, 3.05) is 72.2 Å². The van der Waals surface area contributed by atoms with Crippen LogP contribution in [-0.4, -0.2) is 88.3 Å². The van der Waals surface area contributed by atoms with Gasteiger partial charge in [0.15, 0.2) is 11.1 Å². The van der Waals surface area contributed by atoms with Crippen LogP contribution >= 0.6 is 17.2 Å². The summed E-state index contributed by atoms with van der Waals surface area (Å²) in [6, 6.07) is 0. The zero-order valence-electron chi connectivity index (χ0n) is 21.1. The average Bonchev–Trinajstić information content (AvgIpc) is 2.76. The van der Waals surface area contributed by atoms with Crippen LogP contribution < -0.4 is 0 Å². The Hall–Kier alpha value is 0.580. The normalized spacial score (nSPS) is 13.5. The maximum atomic E-state index is 6.08. The molecule has 31 heavy (non-hydrogen) atoms. The van der Waals surface area contributed by atoms with E-state index < -0.39 is 11.1 Å². The Kier molecular flexibility index (Phi) is 20.4. The van der Waals surface area contributed by atoms with Crippen molar-refractivity contribution in [2.24, 2.45) is 0 Å². The molecule has 2 unspecified atom stereocenters. The molecule has 0 radical (unpaired) electrons. The van der Waals surface area contributed by atoms with Crippen molar-refractivity contribution in [2.45, 2.75) is 71.9 Å². The maximum Gasteiger partial charge on any atom is 0.183 e. The van der Waals surface area contributed by atoms with E-state index in [1.54, 1.807) is 7.11 Å². The Labute approximate surface area is 195 Å². The van der Waals surface area contributed by atoms with Crippen molar-refractivity contribution >= 4 is 17.2 Å². The molecule has 0 amide bonds. The molecule has 0 rings (SSSR count). The third-order valence-electron chi connectivity index (χ3n) is 4.72. The predicted octanol–water partition coefficient (Wildman–Crippen LogP) is 4.89. The van der Waals surface area contributed by atoms with Crippen LogP contribution in [0.15, 0.2) is 0 Å². The molecule has 0 aliphatic heterocycles. The lowest BCUT2D eigenvalue weighted by molar-refractivity contribution is -0.172. The SMILES string of the molecule is CCOC(CC)(OCC)PCCN(CCPC(CC)(OCC)OCC)OCCCOC. The number of rotatable bonds is 23.